The molecule has 4 heteroatoms. The minimum absolute atomic E-state index is 0. The molecule has 2 N–H and O–H groups in total. The van der Waals surface area contributed by atoms with E-state index in [-0.39, 0.29) is 18.1 Å². The number of rotatable bonds is 2. The number of halogens is 1. The van der Waals surface area contributed by atoms with E-state index in [0.29, 0.717) is 0 Å². The molecule has 0 radical (unpaired) electrons. The average Bonchev–Trinajstić information content (AvgIpc) is 2.67. The molecule has 0 amide bonds. The smallest absolute Gasteiger partial charge is 0.352 e. The lowest BCUT2D eigenvalue weighted by atomic mass is 10.1. The fourth-order valence-corrected chi connectivity index (χ4v) is 1.55. The second-order valence-corrected chi connectivity index (χ2v) is 3.41. The summed E-state index contributed by atoms with van der Waals surface area (Å²) in [5.41, 5.74) is 3.21. The maximum atomic E-state index is 10.7. The van der Waals surface area contributed by atoms with E-state index in [0.717, 1.165) is 16.8 Å². The van der Waals surface area contributed by atoms with Crippen molar-refractivity contribution in [2.24, 2.45) is 0 Å². The molecule has 0 aliphatic carbocycles. The Morgan fingerprint density at radius 3 is 2.44 bits per heavy atom. The molecule has 2 aromatic rings. The topological polar surface area (TPSA) is 53.1 Å². The molecular weight excluding hydrogens is 226 g/mol. The Morgan fingerprint density at radius 1 is 1.19 bits per heavy atom. The highest BCUT2D eigenvalue weighted by Crippen LogP contribution is 2.21. The van der Waals surface area contributed by atoms with E-state index in [1.165, 1.54) is 0 Å². The van der Waals surface area contributed by atoms with Gasteiger partial charge in [-0.1, -0.05) is 24.3 Å². The number of carboxylic acids is 1. The van der Waals surface area contributed by atoms with Gasteiger partial charge in [0.25, 0.3) is 0 Å². The highest BCUT2D eigenvalue weighted by atomic mass is 35.5. The van der Waals surface area contributed by atoms with E-state index in [9.17, 15) is 4.79 Å². The van der Waals surface area contributed by atoms with Gasteiger partial charge in [-0.25, -0.2) is 4.79 Å². The fourth-order valence-electron chi connectivity index (χ4n) is 1.55. The number of H-pyrrole nitrogens is 1. The number of aromatic nitrogens is 1. The van der Waals surface area contributed by atoms with Gasteiger partial charge in [-0.3, -0.25) is 0 Å². The first kappa shape index (κ1) is 12.3. The normalized spacial score (nSPS) is 9.56. The van der Waals surface area contributed by atoms with Crippen molar-refractivity contribution in [2.45, 2.75) is 6.92 Å². The van der Waals surface area contributed by atoms with Crippen LogP contribution in [0.25, 0.3) is 11.3 Å². The molecule has 1 heterocycles. The highest BCUT2D eigenvalue weighted by molar-refractivity contribution is 5.87. The van der Waals surface area contributed by atoms with Crippen molar-refractivity contribution in [1.82, 2.24) is 4.98 Å². The van der Waals surface area contributed by atoms with Gasteiger partial charge in [0.1, 0.15) is 5.69 Å². The van der Waals surface area contributed by atoms with Crippen LogP contribution in [0.15, 0.2) is 36.4 Å². The summed E-state index contributed by atoms with van der Waals surface area (Å²) in [6.45, 7) is 2.00. The minimum Gasteiger partial charge on any atom is -0.477 e. The predicted molar refractivity (Wildman–Crippen MR) is 65.2 cm³/mol. The zero-order valence-corrected chi connectivity index (χ0v) is 9.54. The van der Waals surface area contributed by atoms with E-state index in [1.54, 1.807) is 12.1 Å². The summed E-state index contributed by atoms with van der Waals surface area (Å²) in [7, 11) is 0. The average molecular weight is 238 g/mol. The summed E-state index contributed by atoms with van der Waals surface area (Å²) in [4.78, 5) is 13.6. The van der Waals surface area contributed by atoms with Crippen LogP contribution in [-0.2, 0) is 0 Å². The van der Waals surface area contributed by atoms with Crippen LogP contribution in [-0.4, -0.2) is 16.1 Å². The Morgan fingerprint density at radius 2 is 1.88 bits per heavy atom. The van der Waals surface area contributed by atoms with Crippen LogP contribution in [0.5, 0.6) is 0 Å². The third-order valence-corrected chi connectivity index (χ3v) is 2.35. The highest BCUT2D eigenvalue weighted by Gasteiger charge is 2.07. The molecule has 0 unspecified atom stereocenters. The second-order valence-electron chi connectivity index (χ2n) is 3.41. The summed E-state index contributed by atoms with van der Waals surface area (Å²) in [5.74, 6) is -0.935. The molecule has 1 aromatic heterocycles. The van der Waals surface area contributed by atoms with Crippen LogP contribution >= 0.6 is 12.4 Å². The van der Waals surface area contributed by atoms with Crippen molar-refractivity contribution >= 4 is 18.4 Å². The standard InChI is InChI=1S/C12H11NO2.ClH/c1-8-4-2-3-5-9(8)10-6-7-11(13-10)12(14)15;/h2-7,13H,1H3,(H,14,15);1H. The summed E-state index contributed by atoms with van der Waals surface area (Å²) in [6, 6.07) is 11.2. The number of carboxylic acid groups (broad SMARTS) is 1. The maximum absolute atomic E-state index is 10.7. The van der Waals surface area contributed by atoms with E-state index < -0.39 is 5.97 Å². The Labute approximate surface area is 99.5 Å². The van der Waals surface area contributed by atoms with E-state index >= 15 is 0 Å². The molecule has 0 atom stereocenters. The molecule has 0 saturated carbocycles. The van der Waals surface area contributed by atoms with Crippen LogP contribution < -0.4 is 0 Å². The van der Waals surface area contributed by atoms with Gasteiger partial charge in [0.15, 0.2) is 0 Å². The third-order valence-electron chi connectivity index (χ3n) is 2.35. The summed E-state index contributed by atoms with van der Waals surface area (Å²) < 4.78 is 0. The molecule has 0 bridgehead atoms. The van der Waals surface area contributed by atoms with Crippen molar-refractivity contribution in [3.8, 4) is 11.3 Å². The van der Waals surface area contributed by atoms with Crippen molar-refractivity contribution in [3.63, 3.8) is 0 Å². The van der Waals surface area contributed by atoms with Gasteiger partial charge in [0, 0.05) is 11.3 Å². The molecule has 16 heavy (non-hydrogen) atoms. The Hall–Kier alpha value is -1.74. The van der Waals surface area contributed by atoms with E-state index in [4.69, 9.17) is 5.11 Å². The molecule has 0 aliphatic heterocycles. The van der Waals surface area contributed by atoms with Crippen LogP contribution in [0, 0.1) is 6.92 Å². The predicted octanol–water partition coefficient (Wildman–Crippen LogP) is 3.11. The van der Waals surface area contributed by atoms with Crippen LogP contribution in [0.4, 0.5) is 0 Å². The van der Waals surface area contributed by atoms with Gasteiger partial charge >= 0.3 is 5.97 Å². The SMILES string of the molecule is Cc1ccccc1-c1ccc(C(=O)O)[nH]1.Cl. The number of hydrogen-bond acceptors (Lipinski definition) is 1. The lowest BCUT2D eigenvalue weighted by Crippen LogP contribution is -1.95. The zero-order valence-electron chi connectivity index (χ0n) is 8.73. The lowest BCUT2D eigenvalue weighted by Gasteiger charge is -2.01. The number of aromatic amines is 1. The largest absolute Gasteiger partial charge is 0.477 e. The van der Waals surface area contributed by atoms with E-state index in [2.05, 4.69) is 4.98 Å². The quantitative estimate of drug-likeness (QED) is 0.843. The summed E-state index contributed by atoms with van der Waals surface area (Å²) in [6.07, 6.45) is 0. The zero-order chi connectivity index (χ0) is 10.8. The first-order chi connectivity index (χ1) is 7.18. The van der Waals surface area contributed by atoms with Crippen LogP contribution in [0.3, 0.4) is 0 Å². The number of carbonyl (C=O) groups is 1. The van der Waals surface area contributed by atoms with Gasteiger partial charge in [0.05, 0.1) is 0 Å². The first-order valence-corrected chi connectivity index (χ1v) is 4.67. The van der Waals surface area contributed by atoms with Gasteiger partial charge in [0.2, 0.25) is 0 Å². The van der Waals surface area contributed by atoms with Crippen molar-refractivity contribution in [2.75, 3.05) is 0 Å². The Balaban J connectivity index is 0.00000128. The van der Waals surface area contributed by atoms with E-state index in [1.807, 2.05) is 31.2 Å². The molecule has 3 nitrogen and oxygen atoms in total. The summed E-state index contributed by atoms with van der Waals surface area (Å²) in [5, 5.41) is 8.78. The number of benzene rings is 1. The monoisotopic (exact) mass is 237 g/mol. The molecule has 2 rings (SSSR count). The molecule has 0 aliphatic rings. The minimum atomic E-state index is -0.935. The van der Waals surface area contributed by atoms with Gasteiger partial charge < -0.3 is 10.1 Å². The maximum Gasteiger partial charge on any atom is 0.352 e. The third kappa shape index (κ3) is 2.25. The molecule has 84 valence electrons. The van der Waals surface area contributed by atoms with Crippen LogP contribution in [0.1, 0.15) is 16.1 Å². The fraction of sp³-hybridized carbons (Fsp3) is 0.0833. The molecular formula is C12H12ClNO2. The van der Waals surface area contributed by atoms with Crippen LogP contribution in [0.2, 0.25) is 0 Å². The number of nitrogens with one attached hydrogen (secondary N) is 1. The Bertz CT molecular complexity index is 505. The first-order valence-electron chi connectivity index (χ1n) is 4.67. The molecule has 0 spiro atoms. The van der Waals surface area contributed by atoms with Gasteiger partial charge in [-0.15, -0.1) is 12.4 Å². The molecule has 1 aromatic carbocycles. The second kappa shape index (κ2) is 4.86. The number of hydrogen-bond donors (Lipinski definition) is 2. The Kier molecular flexibility index (Phi) is 3.74. The molecule has 0 saturated heterocycles. The van der Waals surface area contributed by atoms with Crippen molar-refractivity contribution in [1.29, 1.82) is 0 Å². The van der Waals surface area contributed by atoms with Crippen molar-refractivity contribution in [3.05, 3.63) is 47.7 Å². The molecule has 0 fully saturated rings. The lowest BCUT2D eigenvalue weighted by molar-refractivity contribution is 0.0691. The number of aryl methyl sites for hydroxylation is 1. The van der Waals surface area contributed by atoms with Crippen molar-refractivity contribution < 1.29 is 9.90 Å². The number of aromatic carboxylic acids is 1. The summed E-state index contributed by atoms with van der Waals surface area (Å²) >= 11 is 0. The van der Waals surface area contributed by atoms with Gasteiger partial charge in [-0.2, -0.15) is 0 Å². The van der Waals surface area contributed by atoms with Gasteiger partial charge in [-0.05, 0) is 24.6 Å².